The fourth-order valence-corrected chi connectivity index (χ4v) is 4.50. The number of rotatable bonds is 8. The van der Waals surface area contributed by atoms with Gasteiger partial charge in [-0.2, -0.15) is 4.31 Å². The molecule has 0 aromatic heterocycles. The number of thiocarbonyl (C=S) groups is 1. The summed E-state index contributed by atoms with van der Waals surface area (Å²) in [6.45, 7) is 4.47. The molecule has 0 bridgehead atoms. The molecule has 1 rings (SSSR count). The molecule has 6 heteroatoms. The average molecular weight is 278 g/mol. The Hall–Kier alpha value is -0.200. The van der Waals surface area contributed by atoms with E-state index in [4.69, 9.17) is 18.0 Å². The minimum atomic E-state index is -3.35. The van der Waals surface area contributed by atoms with Gasteiger partial charge in [0.05, 0.1) is 4.99 Å². The molecule has 0 heterocycles. The first-order chi connectivity index (χ1) is 7.95. The van der Waals surface area contributed by atoms with Crippen LogP contribution in [0.1, 0.15) is 46.0 Å². The molecular formula is C11H22N2O2S2. The van der Waals surface area contributed by atoms with E-state index in [2.05, 4.69) is 6.92 Å². The van der Waals surface area contributed by atoms with Crippen LogP contribution < -0.4 is 5.73 Å². The summed E-state index contributed by atoms with van der Waals surface area (Å²) in [7, 11) is -3.35. The number of unbranched alkanes of at least 4 members (excludes halogenated alkanes) is 1. The maximum atomic E-state index is 12.4. The van der Waals surface area contributed by atoms with Gasteiger partial charge in [0.25, 0.3) is 0 Å². The van der Waals surface area contributed by atoms with Gasteiger partial charge in [-0.1, -0.05) is 32.5 Å². The van der Waals surface area contributed by atoms with E-state index in [0.29, 0.717) is 13.0 Å². The van der Waals surface area contributed by atoms with Crippen molar-refractivity contribution in [3.8, 4) is 0 Å². The molecule has 1 unspecified atom stereocenters. The molecule has 0 amide bonds. The SMILES string of the molecule is CCCCN(C1CC1)S(=O)(=O)C(CC)C(N)=S. The predicted octanol–water partition coefficient (Wildman–Crippen LogP) is 1.65. The van der Waals surface area contributed by atoms with Gasteiger partial charge < -0.3 is 5.73 Å². The van der Waals surface area contributed by atoms with Gasteiger partial charge in [0, 0.05) is 12.6 Å². The second-order valence-corrected chi connectivity index (χ2v) is 7.08. The summed E-state index contributed by atoms with van der Waals surface area (Å²) in [6, 6.07) is 0.190. The molecule has 0 radical (unpaired) electrons. The maximum Gasteiger partial charge on any atom is 0.223 e. The fourth-order valence-electron chi connectivity index (χ4n) is 1.92. The number of nitrogens with two attached hydrogens (primary N) is 1. The second kappa shape index (κ2) is 6.11. The van der Waals surface area contributed by atoms with Crippen molar-refractivity contribution in [2.45, 2.75) is 57.2 Å². The van der Waals surface area contributed by atoms with Gasteiger partial charge in [-0.05, 0) is 25.7 Å². The van der Waals surface area contributed by atoms with Gasteiger partial charge in [0.2, 0.25) is 10.0 Å². The van der Waals surface area contributed by atoms with E-state index in [1.165, 1.54) is 0 Å². The molecule has 0 aliphatic heterocycles. The Bertz CT molecular complexity index is 364. The predicted molar refractivity (Wildman–Crippen MR) is 74.4 cm³/mol. The van der Waals surface area contributed by atoms with Crippen LogP contribution in [-0.4, -0.2) is 35.5 Å². The molecule has 1 atom stereocenters. The van der Waals surface area contributed by atoms with Crippen molar-refractivity contribution in [1.82, 2.24) is 4.31 Å². The van der Waals surface area contributed by atoms with E-state index in [9.17, 15) is 8.42 Å². The zero-order valence-corrected chi connectivity index (χ0v) is 12.2. The molecule has 4 nitrogen and oxygen atoms in total. The quantitative estimate of drug-likeness (QED) is 0.686. The van der Waals surface area contributed by atoms with Crippen molar-refractivity contribution in [1.29, 1.82) is 0 Å². The highest BCUT2D eigenvalue weighted by atomic mass is 32.2. The van der Waals surface area contributed by atoms with E-state index in [1.54, 1.807) is 4.31 Å². The Morgan fingerprint density at radius 2 is 2.06 bits per heavy atom. The summed E-state index contributed by atoms with van der Waals surface area (Å²) in [5, 5.41) is -0.699. The molecule has 0 spiro atoms. The van der Waals surface area contributed by atoms with Crippen LogP contribution in [0.5, 0.6) is 0 Å². The number of hydrogen-bond donors (Lipinski definition) is 1. The highest BCUT2D eigenvalue weighted by Crippen LogP contribution is 2.31. The molecule has 0 aromatic rings. The molecular weight excluding hydrogens is 256 g/mol. The monoisotopic (exact) mass is 278 g/mol. The Morgan fingerprint density at radius 1 is 1.47 bits per heavy atom. The normalized spacial score (nSPS) is 18.3. The second-order valence-electron chi connectivity index (χ2n) is 4.54. The molecule has 1 fully saturated rings. The van der Waals surface area contributed by atoms with E-state index in [-0.39, 0.29) is 11.0 Å². The van der Waals surface area contributed by atoms with Crippen LogP contribution in [0.2, 0.25) is 0 Å². The van der Waals surface area contributed by atoms with Crippen LogP contribution in [0.4, 0.5) is 0 Å². The lowest BCUT2D eigenvalue weighted by Crippen LogP contribution is -2.45. The van der Waals surface area contributed by atoms with Gasteiger partial charge >= 0.3 is 0 Å². The molecule has 1 aliphatic rings. The number of hydrogen-bond acceptors (Lipinski definition) is 3. The van der Waals surface area contributed by atoms with Crippen LogP contribution in [-0.2, 0) is 10.0 Å². The topological polar surface area (TPSA) is 63.4 Å². The van der Waals surface area contributed by atoms with Crippen molar-refractivity contribution in [2.24, 2.45) is 5.73 Å². The van der Waals surface area contributed by atoms with E-state index in [1.807, 2.05) is 6.92 Å². The van der Waals surface area contributed by atoms with E-state index < -0.39 is 15.3 Å². The number of nitrogens with zero attached hydrogens (tertiary/aromatic N) is 1. The van der Waals surface area contributed by atoms with Crippen LogP contribution in [0.3, 0.4) is 0 Å². The van der Waals surface area contributed by atoms with Crippen LogP contribution in [0.15, 0.2) is 0 Å². The molecule has 2 N–H and O–H groups in total. The Kier molecular flexibility index (Phi) is 5.34. The minimum Gasteiger partial charge on any atom is -0.392 e. The van der Waals surface area contributed by atoms with E-state index >= 15 is 0 Å². The first kappa shape index (κ1) is 14.9. The van der Waals surface area contributed by atoms with Crippen molar-refractivity contribution in [3.05, 3.63) is 0 Å². The molecule has 17 heavy (non-hydrogen) atoms. The molecule has 1 aliphatic carbocycles. The van der Waals surface area contributed by atoms with Crippen molar-refractivity contribution in [3.63, 3.8) is 0 Å². The van der Waals surface area contributed by atoms with Crippen LogP contribution in [0, 0.1) is 0 Å². The molecule has 1 saturated carbocycles. The molecule has 100 valence electrons. The highest BCUT2D eigenvalue weighted by molar-refractivity contribution is 7.92. The fraction of sp³-hybridized carbons (Fsp3) is 0.909. The molecule has 0 saturated heterocycles. The largest absolute Gasteiger partial charge is 0.392 e. The summed E-state index contributed by atoms with van der Waals surface area (Å²) in [5.41, 5.74) is 5.55. The van der Waals surface area contributed by atoms with Gasteiger partial charge in [0.15, 0.2) is 0 Å². The Labute approximate surface area is 110 Å². The summed E-state index contributed by atoms with van der Waals surface area (Å²) in [4.78, 5) is 0.0923. The van der Waals surface area contributed by atoms with Crippen molar-refractivity contribution >= 4 is 27.2 Å². The standard InChI is InChI=1S/C11H22N2O2S2/c1-3-5-8-13(9-6-7-9)17(14,15)10(4-2)11(12)16/h9-10H,3-8H2,1-2H3,(H2,12,16). The third-order valence-corrected chi connectivity index (χ3v) is 5.94. The van der Waals surface area contributed by atoms with Crippen molar-refractivity contribution in [2.75, 3.05) is 6.54 Å². The summed E-state index contributed by atoms with van der Waals surface area (Å²) >= 11 is 4.87. The smallest absolute Gasteiger partial charge is 0.223 e. The lowest BCUT2D eigenvalue weighted by atomic mass is 10.3. The lowest BCUT2D eigenvalue weighted by Gasteiger charge is -2.26. The Morgan fingerprint density at radius 3 is 2.41 bits per heavy atom. The lowest BCUT2D eigenvalue weighted by molar-refractivity contribution is 0.392. The van der Waals surface area contributed by atoms with Crippen LogP contribution >= 0.6 is 12.2 Å². The number of sulfonamides is 1. The first-order valence-corrected chi connectivity index (χ1v) is 8.16. The van der Waals surface area contributed by atoms with Gasteiger partial charge in [-0.15, -0.1) is 0 Å². The van der Waals surface area contributed by atoms with Crippen molar-refractivity contribution < 1.29 is 8.42 Å². The minimum absolute atomic E-state index is 0.0923. The Balaban J connectivity index is 2.86. The van der Waals surface area contributed by atoms with Gasteiger partial charge in [-0.25, -0.2) is 8.42 Å². The average Bonchev–Trinajstić information content (AvgIpc) is 3.01. The third-order valence-electron chi connectivity index (χ3n) is 3.06. The summed E-state index contributed by atoms with van der Waals surface area (Å²) in [5.74, 6) is 0. The summed E-state index contributed by atoms with van der Waals surface area (Å²) in [6.07, 6.45) is 4.27. The van der Waals surface area contributed by atoms with Gasteiger partial charge in [0.1, 0.15) is 5.25 Å². The zero-order chi connectivity index (χ0) is 13.1. The van der Waals surface area contributed by atoms with E-state index in [0.717, 1.165) is 25.7 Å². The van der Waals surface area contributed by atoms with Crippen LogP contribution in [0.25, 0.3) is 0 Å². The summed E-state index contributed by atoms with van der Waals surface area (Å²) < 4.78 is 26.5. The third kappa shape index (κ3) is 3.63. The molecule has 0 aromatic carbocycles. The first-order valence-electron chi connectivity index (χ1n) is 6.25. The highest BCUT2D eigenvalue weighted by Gasteiger charge is 2.41. The maximum absolute atomic E-state index is 12.4. The van der Waals surface area contributed by atoms with Gasteiger partial charge in [-0.3, -0.25) is 0 Å². The zero-order valence-electron chi connectivity index (χ0n) is 10.6.